The van der Waals surface area contributed by atoms with Gasteiger partial charge in [0.25, 0.3) is 0 Å². The summed E-state index contributed by atoms with van der Waals surface area (Å²) in [5, 5.41) is 0. The average molecular weight is 257 g/mol. The first-order chi connectivity index (χ1) is 8.31. The van der Waals surface area contributed by atoms with Gasteiger partial charge in [-0.15, -0.1) is 0 Å². The number of rotatable bonds is 13. The smallest absolute Gasteiger partial charge is 0.249 e. The monoisotopic (exact) mass is 257 g/mol. The Morgan fingerprint density at radius 2 is 1.29 bits per heavy atom. The van der Waals surface area contributed by atoms with E-state index in [1.54, 1.807) is 0 Å². The summed E-state index contributed by atoms with van der Waals surface area (Å²) in [6.45, 7) is 4.97. The minimum atomic E-state index is -0.134. The number of hydrogen-bond donors (Lipinski definition) is 0. The summed E-state index contributed by atoms with van der Waals surface area (Å²) in [6, 6.07) is 0. The predicted molar refractivity (Wildman–Crippen MR) is 74.1 cm³/mol. The summed E-state index contributed by atoms with van der Waals surface area (Å²) in [6.07, 6.45) is 13.5. The van der Waals surface area contributed by atoms with E-state index < -0.39 is 0 Å². The van der Waals surface area contributed by atoms with Gasteiger partial charge in [0.05, 0.1) is 0 Å². The van der Waals surface area contributed by atoms with Crippen LogP contribution in [0.5, 0.6) is 0 Å². The van der Waals surface area contributed by atoms with Gasteiger partial charge in [0.2, 0.25) is 10.5 Å². The van der Waals surface area contributed by atoms with Gasteiger partial charge in [0, 0.05) is 6.61 Å². The van der Waals surface area contributed by atoms with Crippen molar-refractivity contribution < 1.29 is 9.16 Å². The first-order valence-electron chi connectivity index (χ1n) is 7.25. The van der Waals surface area contributed by atoms with Gasteiger partial charge in [-0.3, -0.25) is 0 Å². The average Bonchev–Trinajstić information content (AvgIpc) is 2.35. The fourth-order valence-corrected chi connectivity index (χ4v) is 1.94. The van der Waals surface area contributed by atoms with E-state index in [-0.39, 0.29) is 6.29 Å². The molecule has 1 unspecified atom stereocenters. The molecule has 0 aromatic rings. The van der Waals surface area contributed by atoms with Crippen molar-refractivity contribution in [1.29, 1.82) is 0 Å². The van der Waals surface area contributed by atoms with E-state index in [1.807, 2.05) is 6.92 Å². The minimum Gasteiger partial charge on any atom is -0.394 e. The molecule has 0 bridgehead atoms. The van der Waals surface area contributed by atoms with Crippen LogP contribution in [0, 0.1) is 0 Å². The Morgan fingerprint density at radius 1 is 0.824 bits per heavy atom. The fraction of sp³-hybridized carbons (Fsp3) is 1.00. The highest BCUT2D eigenvalue weighted by atomic mass is 28.2. The molecule has 3 radical (unpaired) electrons. The van der Waals surface area contributed by atoms with Crippen LogP contribution in [0.3, 0.4) is 0 Å². The van der Waals surface area contributed by atoms with Gasteiger partial charge in [0.1, 0.15) is 6.29 Å². The van der Waals surface area contributed by atoms with E-state index in [9.17, 15) is 0 Å². The molecule has 0 N–H and O–H groups in total. The summed E-state index contributed by atoms with van der Waals surface area (Å²) < 4.78 is 10.2. The SMILES string of the molecule is CCCCCCCCCCCCOC(C)O[Si]. The number of hydrogen-bond acceptors (Lipinski definition) is 2. The Hall–Kier alpha value is 0.137. The first-order valence-corrected chi connectivity index (χ1v) is 7.66. The molecule has 0 aliphatic heterocycles. The van der Waals surface area contributed by atoms with E-state index >= 15 is 0 Å². The van der Waals surface area contributed by atoms with Gasteiger partial charge in [-0.05, 0) is 13.3 Å². The van der Waals surface area contributed by atoms with Gasteiger partial charge < -0.3 is 9.16 Å². The Balaban J connectivity index is 2.94. The molecular weight excluding hydrogens is 228 g/mol. The highest BCUT2D eigenvalue weighted by molar-refractivity contribution is 5.98. The zero-order chi connectivity index (χ0) is 12.8. The maximum Gasteiger partial charge on any atom is 0.249 e. The molecule has 1 atom stereocenters. The molecule has 0 aliphatic carbocycles. The Labute approximate surface area is 111 Å². The van der Waals surface area contributed by atoms with Crippen LogP contribution in [0.15, 0.2) is 0 Å². The van der Waals surface area contributed by atoms with Crippen LogP contribution in [0.2, 0.25) is 0 Å². The zero-order valence-electron chi connectivity index (χ0n) is 11.7. The van der Waals surface area contributed by atoms with Crippen LogP contribution in [0.4, 0.5) is 0 Å². The van der Waals surface area contributed by atoms with Crippen LogP contribution >= 0.6 is 0 Å². The molecule has 0 amide bonds. The summed E-state index contributed by atoms with van der Waals surface area (Å²) in [4.78, 5) is 0. The lowest BCUT2D eigenvalue weighted by Crippen LogP contribution is -2.11. The fourth-order valence-electron chi connectivity index (χ4n) is 1.87. The van der Waals surface area contributed by atoms with Crippen molar-refractivity contribution in [2.24, 2.45) is 0 Å². The van der Waals surface area contributed by atoms with E-state index in [1.165, 1.54) is 57.8 Å². The van der Waals surface area contributed by atoms with Crippen LogP contribution < -0.4 is 0 Å². The highest BCUT2D eigenvalue weighted by Gasteiger charge is 1.97. The van der Waals surface area contributed by atoms with E-state index in [2.05, 4.69) is 17.4 Å². The van der Waals surface area contributed by atoms with E-state index in [4.69, 9.17) is 9.16 Å². The molecule has 2 nitrogen and oxygen atoms in total. The van der Waals surface area contributed by atoms with Crippen LogP contribution in [0.1, 0.15) is 78.1 Å². The second-order valence-electron chi connectivity index (χ2n) is 4.74. The maximum absolute atomic E-state index is 5.39. The largest absolute Gasteiger partial charge is 0.394 e. The normalized spacial score (nSPS) is 12.9. The molecule has 0 aromatic carbocycles. The van der Waals surface area contributed by atoms with Crippen molar-refractivity contribution in [1.82, 2.24) is 0 Å². The van der Waals surface area contributed by atoms with Crippen LogP contribution in [-0.4, -0.2) is 23.4 Å². The van der Waals surface area contributed by atoms with E-state index in [0.717, 1.165) is 13.0 Å². The molecule has 0 heterocycles. The number of unbranched alkanes of at least 4 members (excludes halogenated alkanes) is 9. The first kappa shape index (κ1) is 17.1. The van der Waals surface area contributed by atoms with Crippen molar-refractivity contribution in [3.63, 3.8) is 0 Å². The Morgan fingerprint density at radius 3 is 1.76 bits per heavy atom. The van der Waals surface area contributed by atoms with E-state index in [0.29, 0.717) is 0 Å². The third-order valence-corrected chi connectivity index (χ3v) is 3.35. The summed E-state index contributed by atoms with van der Waals surface area (Å²) >= 11 is 0. The van der Waals surface area contributed by atoms with Crippen molar-refractivity contribution >= 4 is 10.5 Å². The second kappa shape index (κ2) is 14.2. The van der Waals surface area contributed by atoms with Gasteiger partial charge >= 0.3 is 0 Å². The molecular formula is C14H29O2Si. The van der Waals surface area contributed by atoms with Gasteiger partial charge in [-0.25, -0.2) is 0 Å². The zero-order valence-corrected chi connectivity index (χ0v) is 12.7. The van der Waals surface area contributed by atoms with Crippen LogP contribution in [-0.2, 0) is 9.16 Å². The van der Waals surface area contributed by atoms with Gasteiger partial charge in [0.15, 0.2) is 0 Å². The summed E-state index contributed by atoms with van der Waals surface area (Å²) in [5.74, 6) is 0. The molecule has 0 fully saturated rings. The quantitative estimate of drug-likeness (QED) is 0.277. The third kappa shape index (κ3) is 14.1. The Bertz CT molecular complexity index is 142. The Kier molecular flexibility index (Phi) is 14.3. The lowest BCUT2D eigenvalue weighted by atomic mass is 10.1. The van der Waals surface area contributed by atoms with Gasteiger partial charge in [-0.1, -0.05) is 64.7 Å². The lowest BCUT2D eigenvalue weighted by molar-refractivity contribution is -0.0639. The summed E-state index contributed by atoms with van der Waals surface area (Å²) in [5.41, 5.74) is 0. The predicted octanol–water partition coefficient (Wildman–Crippen LogP) is 4.37. The second-order valence-corrected chi connectivity index (χ2v) is 4.97. The lowest BCUT2D eigenvalue weighted by Gasteiger charge is -2.10. The van der Waals surface area contributed by atoms with Crippen LogP contribution in [0.25, 0.3) is 0 Å². The molecule has 0 aromatic heterocycles. The molecule has 0 saturated carbocycles. The molecule has 0 aliphatic rings. The van der Waals surface area contributed by atoms with Gasteiger partial charge in [-0.2, -0.15) is 0 Å². The topological polar surface area (TPSA) is 18.5 Å². The minimum absolute atomic E-state index is 0.134. The maximum atomic E-state index is 5.39. The molecule has 0 rings (SSSR count). The third-order valence-electron chi connectivity index (χ3n) is 3.02. The highest BCUT2D eigenvalue weighted by Crippen LogP contribution is 2.10. The standard InChI is InChI=1S/C14H29O2Si/c1-3-4-5-6-7-8-9-10-11-12-13-15-14(2)16-17/h14H,3-13H2,1-2H3. The molecule has 0 saturated heterocycles. The van der Waals surface area contributed by atoms with Crippen molar-refractivity contribution in [2.45, 2.75) is 84.3 Å². The molecule has 101 valence electrons. The molecule has 3 heteroatoms. The number of ether oxygens (including phenoxy) is 1. The van der Waals surface area contributed by atoms with Crippen molar-refractivity contribution in [3.05, 3.63) is 0 Å². The molecule has 17 heavy (non-hydrogen) atoms. The molecule has 0 spiro atoms. The van der Waals surface area contributed by atoms with Crippen molar-refractivity contribution in [3.8, 4) is 0 Å². The summed E-state index contributed by atoms with van der Waals surface area (Å²) in [7, 11) is 2.96. The van der Waals surface area contributed by atoms with Crippen molar-refractivity contribution in [2.75, 3.05) is 6.61 Å².